The topological polar surface area (TPSA) is 86.8 Å². The van der Waals surface area contributed by atoms with Gasteiger partial charge in [-0.2, -0.15) is 0 Å². The van der Waals surface area contributed by atoms with Crippen LogP contribution in [0.3, 0.4) is 0 Å². The number of sulfonamides is 1. The van der Waals surface area contributed by atoms with E-state index in [1.807, 2.05) is 13.8 Å². The van der Waals surface area contributed by atoms with Gasteiger partial charge in [-0.05, 0) is 42.2 Å². The van der Waals surface area contributed by atoms with Crippen LogP contribution < -0.4 is 9.62 Å². The van der Waals surface area contributed by atoms with Crippen LogP contribution in [-0.2, 0) is 26.2 Å². The smallest absolute Gasteiger partial charge is 0.244 e. The van der Waals surface area contributed by atoms with Crippen LogP contribution in [0.1, 0.15) is 32.8 Å². The highest BCUT2D eigenvalue weighted by molar-refractivity contribution is 7.92. The molecule has 0 aromatic heterocycles. The number of nitrogens with one attached hydrogen (secondary N) is 1. The summed E-state index contributed by atoms with van der Waals surface area (Å²) < 4.78 is 40.2. The Bertz CT molecular complexity index is 1160. The van der Waals surface area contributed by atoms with Gasteiger partial charge in [-0.15, -0.1) is 0 Å². The molecule has 0 aliphatic rings. The van der Waals surface area contributed by atoms with Gasteiger partial charge >= 0.3 is 0 Å². The fraction of sp³-hybridized carbons (Fsp3) is 0.417. The average Bonchev–Trinajstić information content (AvgIpc) is 2.77. The number of carbonyl (C=O) groups excluding carboxylic acids is 2. The van der Waals surface area contributed by atoms with E-state index >= 15 is 0 Å². The molecular formula is C24H30Cl2FN3O4S. The minimum atomic E-state index is -4.03. The molecule has 0 spiro atoms. The van der Waals surface area contributed by atoms with Crippen molar-refractivity contribution < 1.29 is 22.4 Å². The molecule has 2 aromatic carbocycles. The van der Waals surface area contributed by atoms with Crippen molar-refractivity contribution in [3.8, 4) is 0 Å². The third kappa shape index (κ3) is 8.08. The number of carbonyl (C=O) groups is 2. The zero-order valence-electron chi connectivity index (χ0n) is 20.1. The number of halogens is 3. The van der Waals surface area contributed by atoms with E-state index in [1.165, 1.54) is 29.2 Å². The number of nitrogens with zero attached hydrogens (tertiary/aromatic N) is 2. The molecule has 0 unspecified atom stereocenters. The van der Waals surface area contributed by atoms with Crippen LogP contribution in [0.15, 0.2) is 42.5 Å². The Labute approximate surface area is 216 Å². The van der Waals surface area contributed by atoms with Gasteiger partial charge in [0.05, 0.1) is 11.9 Å². The Morgan fingerprint density at radius 2 is 1.77 bits per heavy atom. The molecule has 0 aliphatic heterocycles. The first kappa shape index (κ1) is 28.9. The van der Waals surface area contributed by atoms with E-state index in [4.69, 9.17) is 23.2 Å². The zero-order chi connectivity index (χ0) is 26.3. The van der Waals surface area contributed by atoms with Gasteiger partial charge in [0.25, 0.3) is 0 Å². The normalized spacial score (nSPS) is 12.3. The van der Waals surface area contributed by atoms with E-state index in [2.05, 4.69) is 5.32 Å². The zero-order valence-corrected chi connectivity index (χ0v) is 22.4. The van der Waals surface area contributed by atoms with Crippen molar-refractivity contribution in [2.24, 2.45) is 5.92 Å². The summed E-state index contributed by atoms with van der Waals surface area (Å²) in [7, 11) is -4.03. The van der Waals surface area contributed by atoms with Gasteiger partial charge in [0, 0.05) is 23.1 Å². The number of hydrogen-bond acceptors (Lipinski definition) is 4. The molecular weight excluding hydrogens is 516 g/mol. The Morgan fingerprint density at radius 1 is 1.11 bits per heavy atom. The van der Waals surface area contributed by atoms with E-state index in [0.717, 1.165) is 12.3 Å². The van der Waals surface area contributed by atoms with Crippen LogP contribution in [0.25, 0.3) is 0 Å². The molecule has 0 aliphatic carbocycles. The molecule has 1 atom stereocenters. The monoisotopic (exact) mass is 545 g/mol. The Morgan fingerprint density at radius 3 is 2.31 bits per heavy atom. The highest BCUT2D eigenvalue weighted by Gasteiger charge is 2.32. The standard InChI is InChI=1S/C24H30Cl2FN3O4S/c1-5-21(24(32)28-13-16(2)3)29(14-17-10-11-18(25)12-19(17)26)23(31)15-30(35(4,33)34)22-9-7-6-8-20(22)27/h6-12,16,21H,5,13-15H2,1-4H3,(H,28,32)/t21-/m0/s1. The van der Waals surface area contributed by atoms with E-state index in [-0.39, 0.29) is 30.5 Å². The second kappa shape index (κ2) is 12.6. The molecule has 7 nitrogen and oxygen atoms in total. The lowest BCUT2D eigenvalue weighted by molar-refractivity contribution is -0.140. The van der Waals surface area contributed by atoms with Gasteiger partial charge in [-0.25, -0.2) is 12.8 Å². The van der Waals surface area contributed by atoms with Crippen LogP contribution in [0.2, 0.25) is 10.0 Å². The van der Waals surface area contributed by atoms with Crippen LogP contribution >= 0.6 is 23.2 Å². The average molecular weight is 546 g/mol. The summed E-state index contributed by atoms with van der Waals surface area (Å²) in [6.45, 7) is 5.26. The van der Waals surface area contributed by atoms with Crippen molar-refractivity contribution in [3.05, 3.63) is 63.9 Å². The third-order valence-electron chi connectivity index (χ3n) is 5.23. The maximum atomic E-state index is 14.5. The molecule has 0 saturated carbocycles. The van der Waals surface area contributed by atoms with Crippen LogP contribution in [-0.4, -0.2) is 50.5 Å². The van der Waals surface area contributed by atoms with Crippen molar-refractivity contribution in [3.63, 3.8) is 0 Å². The molecule has 192 valence electrons. The van der Waals surface area contributed by atoms with Gasteiger partial charge in [-0.3, -0.25) is 13.9 Å². The Kier molecular flexibility index (Phi) is 10.4. The Balaban J connectivity index is 2.47. The molecule has 2 rings (SSSR count). The second-order valence-electron chi connectivity index (χ2n) is 8.54. The lowest BCUT2D eigenvalue weighted by Crippen LogP contribution is -2.52. The molecule has 0 radical (unpaired) electrons. The number of benzene rings is 2. The summed E-state index contributed by atoms with van der Waals surface area (Å²) >= 11 is 12.3. The van der Waals surface area contributed by atoms with Crippen LogP contribution in [0.5, 0.6) is 0 Å². The first-order chi connectivity index (χ1) is 16.3. The lowest BCUT2D eigenvalue weighted by Gasteiger charge is -2.33. The van der Waals surface area contributed by atoms with E-state index in [1.54, 1.807) is 19.1 Å². The second-order valence-corrected chi connectivity index (χ2v) is 11.3. The van der Waals surface area contributed by atoms with Crippen molar-refractivity contribution in [1.82, 2.24) is 10.2 Å². The van der Waals surface area contributed by atoms with Gasteiger partial charge < -0.3 is 10.2 Å². The molecule has 35 heavy (non-hydrogen) atoms. The largest absolute Gasteiger partial charge is 0.354 e. The number of rotatable bonds is 11. The van der Waals surface area contributed by atoms with Gasteiger partial charge in [0.15, 0.2) is 0 Å². The van der Waals surface area contributed by atoms with Crippen molar-refractivity contribution in [2.45, 2.75) is 39.8 Å². The summed E-state index contributed by atoms with van der Waals surface area (Å²) in [5.74, 6) is -1.67. The van der Waals surface area contributed by atoms with Crippen molar-refractivity contribution >= 4 is 50.7 Å². The maximum absolute atomic E-state index is 14.5. The summed E-state index contributed by atoms with van der Waals surface area (Å²) in [4.78, 5) is 27.8. The highest BCUT2D eigenvalue weighted by atomic mass is 35.5. The van der Waals surface area contributed by atoms with Gasteiger partial charge in [-0.1, -0.05) is 62.2 Å². The number of hydrogen-bond donors (Lipinski definition) is 1. The quantitative estimate of drug-likeness (QED) is 0.451. The predicted octanol–water partition coefficient (Wildman–Crippen LogP) is 4.48. The van der Waals surface area contributed by atoms with Crippen molar-refractivity contribution in [1.29, 1.82) is 0 Å². The molecule has 0 heterocycles. The summed E-state index contributed by atoms with van der Waals surface area (Å²) in [5.41, 5.74) is 0.265. The SMILES string of the molecule is CC[C@@H](C(=O)NCC(C)C)N(Cc1ccc(Cl)cc1Cl)C(=O)CN(c1ccccc1F)S(C)(=O)=O. The predicted molar refractivity (Wildman–Crippen MR) is 138 cm³/mol. The minimum absolute atomic E-state index is 0.0721. The molecule has 2 aromatic rings. The first-order valence-electron chi connectivity index (χ1n) is 11.1. The van der Waals surface area contributed by atoms with Gasteiger partial charge in [0.1, 0.15) is 18.4 Å². The molecule has 0 bridgehead atoms. The van der Waals surface area contributed by atoms with E-state index in [9.17, 15) is 22.4 Å². The van der Waals surface area contributed by atoms with Crippen molar-refractivity contribution in [2.75, 3.05) is 23.7 Å². The summed E-state index contributed by atoms with van der Waals surface area (Å²) in [6.07, 6.45) is 1.15. The fourth-order valence-corrected chi connectivity index (χ4v) is 4.74. The molecule has 11 heteroatoms. The van der Waals surface area contributed by atoms with E-state index < -0.39 is 34.3 Å². The van der Waals surface area contributed by atoms with Crippen LogP contribution in [0, 0.1) is 11.7 Å². The van der Waals surface area contributed by atoms with Crippen LogP contribution in [0.4, 0.5) is 10.1 Å². The maximum Gasteiger partial charge on any atom is 0.244 e. The lowest BCUT2D eigenvalue weighted by atomic mass is 10.1. The highest BCUT2D eigenvalue weighted by Crippen LogP contribution is 2.25. The summed E-state index contributed by atoms with van der Waals surface area (Å²) in [6, 6.07) is 9.12. The number of anilines is 1. The Hall–Kier alpha value is -2.36. The molecule has 0 fully saturated rings. The number of amides is 2. The van der Waals surface area contributed by atoms with E-state index in [0.29, 0.717) is 26.5 Å². The number of para-hydroxylation sites is 1. The fourth-order valence-electron chi connectivity index (χ4n) is 3.42. The molecule has 2 amide bonds. The first-order valence-corrected chi connectivity index (χ1v) is 13.7. The minimum Gasteiger partial charge on any atom is -0.354 e. The summed E-state index contributed by atoms with van der Waals surface area (Å²) in [5, 5.41) is 3.52. The van der Waals surface area contributed by atoms with Gasteiger partial charge in [0.2, 0.25) is 21.8 Å². The third-order valence-corrected chi connectivity index (χ3v) is 6.94. The molecule has 1 N–H and O–H groups in total. The molecule has 0 saturated heterocycles.